The molecule has 0 heterocycles. The van der Waals surface area contributed by atoms with Gasteiger partial charge in [0.15, 0.2) is 0 Å². The standard InChI is InChI=1S/C14H10Cl2F3N3O3S/c15-8-2-4-11(22-26(20,24)25)9(6-8)13(23)21-12-3-1-7(5-10(12)16)14(17,18)19/h1-6,22H,(H,21,23)(H2,20,24,25). The second-order valence-corrected chi connectivity index (χ2v) is 7.12. The number of hydrogen-bond donors (Lipinski definition) is 3. The van der Waals surface area contributed by atoms with Crippen molar-refractivity contribution in [3.05, 3.63) is 57.6 Å². The lowest BCUT2D eigenvalue weighted by molar-refractivity contribution is -0.137. The Balaban J connectivity index is 2.35. The maximum Gasteiger partial charge on any atom is 0.416 e. The van der Waals surface area contributed by atoms with Crippen molar-refractivity contribution < 1.29 is 26.4 Å². The van der Waals surface area contributed by atoms with E-state index in [9.17, 15) is 26.4 Å². The van der Waals surface area contributed by atoms with E-state index in [1.807, 2.05) is 4.72 Å². The molecule has 0 aromatic heterocycles. The molecule has 0 aliphatic heterocycles. The third-order valence-corrected chi connectivity index (χ3v) is 4.08. The van der Waals surface area contributed by atoms with Gasteiger partial charge in [-0.2, -0.15) is 21.6 Å². The average Bonchev–Trinajstić information content (AvgIpc) is 2.48. The van der Waals surface area contributed by atoms with Gasteiger partial charge in [-0.05, 0) is 36.4 Å². The van der Waals surface area contributed by atoms with Crippen LogP contribution in [-0.2, 0) is 16.4 Å². The smallest absolute Gasteiger partial charge is 0.321 e. The van der Waals surface area contributed by atoms with E-state index in [2.05, 4.69) is 5.32 Å². The molecule has 12 heteroatoms. The van der Waals surface area contributed by atoms with Crippen molar-refractivity contribution in [2.45, 2.75) is 6.18 Å². The van der Waals surface area contributed by atoms with Crippen LogP contribution in [0.15, 0.2) is 36.4 Å². The number of carbonyl (C=O) groups excluding carboxylic acids is 1. The van der Waals surface area contributed by atoms with Gasteiger partial charge in [-0.3, -0.25) is 9.52 Å². The SMILES string of the molecule is NS(=O)(=O)Nc1ccc(Cl)cc1C(=O)Nc1ccc(C(F)(F)F)cc1Cl. The molecule has 4 N–H and O–H groups in total. The van der Waals surface area contributed by atoms with Crippen LogP contribution in [0.1, 0.15) is 15.9 Å². The van der Waals surface area contributed by atoms with Gasteiger partial charge in [-0.15, -0.1) is 0 Å². The fourth-order valence-corrected chi connectivity index (χ4v) is 2.81. The number of nitrogens with two attached hydrogens (primary N) is 1. The molecule has 0 aliphatic carbocycles. The van der Waals surface area contributed by atoms with Crippen molar-refractivity contribution in [2.24, 2.45) is 5.14 Å². The molecule has 0 spiro atoms. The highest BCUT2D eigenvalue weighted by Crippen LogP contribution is 2.34. The highest BCUT2D eigenvalue weighted by Gasteiger charge is 2.31. The summed E-state index contributed by atoms with van der Waals surface area (Å²) in [5.74, 6) is -0.861. The lowest BCUT2D eigenvalue weighted by Gasteiger charge is -2.13. The van der Waals surface area contributed by atoms with Crippen LogP contribution in [0.5, 0.6) is 0 Å². The molecule has 26 heavy (non-hydrogen) atoms. The molecule has 0 saturated carbocycles. The van der Waals surface area contributed by atoms with Gasteiger partial charge in [-0.1, -0.05) is 23.2 Å². The number of benzene rings is 2. The number of anilines is 2. The molecule has 0 unspecified atom stereocenters. The van der Waals surface area contributed by atoms with Gasteiger partial charge < -0.3 is 5.32 Å². The Hall–Kier alpha value is -2.01. The summed E-state index contributed by atoms with van der Waals surface area (Å²) in [5, 5.41) is 6.93. The second kappa shape index (κ2) is 7.31. The lowest BCUT2D eigenvalue weighted by atomic mass is 10.1. The number of rotatable bonds is 4. The molecule has 6 nitrogen and oxygen atoms in total. The van der Waals surface area contributed by atoms with Crippen LogP contribution in [0.3, 0.4) is 0 Å². The summed E-state index contributed by atoms with van der Waals surface area (Å²) in [6.07, 6.45) is -4.59. The minimum atomic E-state index is -4.59. The van der Waals surface area contributed by atoms with Crippen molar-refractivity contribution in [2.75, 3.05) is 10.0 Å². The van der Waals surface area contributed by atoms with E-state index in [1.54, 1.807) is 0 Å². The molecule has 0 radical (unpaired) electrons. The van der Waals surface area contributed by atoms with Crippen molar-refractivity contribution in [3.8, 4) is 0 Å². The van der Waals surface area contributed by atoms with Crippen molar-refractivity contribution in [1.29, 1.82) is 0 Å². The fourth-order valence-electron chi connectivity index (χ4n) is 1.93. The van der Waals surface area contributed by atoms with Crippen LogP contribution >= 0.6 is 23.2 Å². The molecule has 2 aromatic carbocycles. The number of nitrogens with one attached hydrogen (secondary N) is 2. The van der Waals surface area contributed by atoms with Crippen molar-refractivity contribution in [1.82, 2.24) is 0 Å². The van der Waals surface area contributed by atoms with E-state index < -0.39 is 27.9 Å². The number of halogens is 5. The van der Waals surface area contributed by atoms with Crippen LogP contribution in [0, 0.1) is 0 Å². The van der Waals surface area contributed by atoms with Gasteiger partial charge in [0.05, 0.1) is 27.5 Å². The molecular weight excluding hydrogens is 418 g/mol. The first-order valence-corrected chi connectivity index (χ1v) is 8.95. The normalized spacial score (nSPS) is 11.9. The van der Waals surface area contributed by atoms with Gasteiger partial charge in [0.2, 0.25) is 0 Å². The van der Waals surface area contributed by atoms with E-state index in [4.69, 9.17) is 28.3 Å². The minimum Gasteiger partial charge on any atom is -0.321 e. The minimum absolute atomic E-state index is 0.105. The van der Waals surface area contributed by atoms with Crippen LogP contribution < -0.4 is 15.2 Å². The van der Waals surface area contributed by atoms with E-state index >= 15 is 0 Å². The Bertz CT molecular complexity index is 966. The Morgan fingerprint density at radius 1 is 1.04 bits per heavy atom. The van der Waals surface area contributed by atoms with Gasteiger partial charge in [0, 0.05) is 5.02 Å². The first-order chi connectivity index (χ1) is 11.9. The first kappa shape index (κ1) is 20.3. The highest BCUT2D eigenvalue weighted by atomic mass is 35.5. The summed E-state index contributed by atoms with van der Waals surface area (Å²) in [5.41, 5.74) is -1.47. The molecule has 0 aliphatic rings. The highest BCUT2D eigenvalue weighted by molar-refractivity contribution is 7.90. The van der Waals surface area contributed by atoms with E-state index in [-0.39, 0.29) is 27.0 Å². The van der Waals surface area contributed by atoms with E-state index in [0.717, 1.165) is 18.2 Å². The maximum absolute atomic E-state index is 12.6. The molecule has 0 atom stereocenters. The largest absolute Gasteiger partial charge is 0.416 e. The molecule has 140 valence electrons. The van der Waals surface area contributed by atoms with Crippen molar-refractivity contribution in [3.63, 3.8) is 0 Å². The Morgan fingerprint density at radius 3 is 2.19 bits per heavy atom. The number of alkyl halides is 3. The van der Waals surface area contributed by atoms with E-state index in [1.165, 1.54) is 12.1 Å². The summed E-state index contributed by atoms with van der Waals surface area (Å²) in [4.78, 5) is 12.4. The molecule has 1 amide bonds. The van der Waals surface area contributed by atoms with Crippen LogP contribution in [0.4, 0.5) is 24.5 Å². The quantitative estimate of drug-likeness (QED) is 0.689. The van der Waals surface area contributed by atoms with Gasteiger partial charge in [0.1, 0.15) is 0 Å². The topological polar surface area (TPSA) is 101 Å². The summed E-state index contributed by atoms with van der Waals surface area (Å²) in [6.45, 7) is 0. The summed E-state index contributed by atoms with van der Waals surface area (Å²) < 4.78 is 62.2. The monoisotopic (exact) mass is 427 g/mol. The van der Waals surface area contributed by atoms with Crippen LogP contribution in [0.2, 0.25) is 10.0 Å². The van der Waals surface area contributed by atoms with Gasteiger partial charge in [0.25, 0.3) is 16.1 Å². The Kier molecular flexibility index (Phi) is 5.71. The molecule has 2 aromatic rings. The lowest BCUT2D eigenvalue weighted by Crippen LogP contribution is -2.24. The number of amides is 1. The first-order valence-electron chi connectivity index (χ1n) is 6.65. The maximum atomic E-state index is 12.6. The third-order valence-electron chi connectivity index (χ3n) is 3.02. The zero-order chi connectivity index (χ0) is 19.7. The fraction of sp³-hybridized carbons (Fsp3) is 0.0714. The number of hydrogen-bond acceptors (Lipinski definition) is 3. The molecule has 0 fully saturated rings. The summed E-state index contributed by atoms with van der Waals surface area (Å²) >= 11 is 11.6. The van der Waals surface area contributed by atoms with E-state index in [0.29, 0.717) is 6.07 Å². The van der Waals surface area contributed by atoms with Gasteiger partial charge in [-0.25, -0.2) is 5.14 Å². The zero-order valence-electron chi connectivity index (χ0n) is 12.6. The summed E-state index contributed by atoms with van der Waals surface area (Å²) in [7, 11) is -4.17. The van der Waals surface area contributed by atoms with Crippen molar-refractivity contribution >= 4 is 50.7 Å². The Labute approximate surface area is 156 Å². The molecule has 0 bridgehead atoms. The molecule has 0 saturated heterocycles. The average molecular weight is 428 g/mol. The predicted molar refractivity (Wildman–Crippen MR) is 92.6 cm³/mol. The van der Waals surface area contributed by atoms with Crippen LogP contribution in [0.25, 0.3) is 0 Å². The number of carbonyl (C=O) groups is 1. The second-order valence-electron chi connectivity index (χ2n) is 4.98. The molecular formula is C14H10Cl2F3N3O3S. The summed E-state index contributed by atoms with van der Waals surface area (Å²) in [6, 6.07) is 6.04. The third kappa shape index (κ3) is 5.24. The zero-order valence-corrected chi connectivity index (χ0v) is 14.9. The predicted octanol–water partition coefficient (Wildman–Crippen LogP) is 3.88. The molecule has 2 rings (SSSR count). The Morgan fingerprint density at radius 2 is 1.65 bits per heavy atom. The van der Waals surface area contributed by atoms with Crippen LogP contribution in [-0.4, -0.2) is 14.3 Å². The van der Waals surface area contributed by atoms with Gasteiger partial charge >= 0.3 is 6.18 Å².